The Morgan fingerprint density at radius 2 is 1.08 bits per heavy atom. The van der Waals surface area contributed by atoms with E-state index in [2.05, 4.69) is 77.8 Å². The minimum atomic E-state index is -0.737. The van der Waals surface area contributed by atoms with Crippen LogP contribution in [-0.2, 0) is 4.74 Å². The Balaban J connectivity index is 1.90. The molecule has 2 fully saturated rings. The van der Waals surface area contributed by atoms with E-state index in [4.69, 9.17) is 4.74 Å². The Morgan fingerprint density at radius 1 is 0.676 bits per heavy atom. The van der Waals surface area contributed by atoms with Crippen molar-refractivity contribution in [3.63, 3.8) is 0 Å². The third-order valence-corrected chi connectivity index (χ3v) is 8.38. The summed E-state index contributed by atoms with van der Waals surface area (Å²) in [5.41, 5.74) is 0.227. The quantitative estimate of drug-likeness (QED) is 0.148. The zero-order chi connectivity index (χ0) is 27.7. The van der Waals surface area contributed by atoms with Gasteiger partial charge in [0, 0.05) is 34.7 Å². The van der Waals surface area contributed by atoms with E-state index in [9.17, 15) is 5.11 Å². The largest absolute Gasteiger partial charge is 0.367 e. The summed E-state index contributed by atoms with van der Waals surface area (Å²) in [6.07, 6.45) is 16.9. The van der Waals surface area contributed by atoms with Gasteiger partial charge < -0.3 is 20.5 Å². The van der Waals surface area contributed by atoms with Crippen molar-refractivity contribution in [3.05, 3.63) is 0 Å². The lowest BCUT2D eigenvalue weighted by Crippen LogP contribution is -2.63. The second-order valence-corrected chi connectivity index (χ2v) is 15.1. The standard InChI is InChI=1S/C32H65N3O2/c1-10-11-12-13-14-15-16-17-18-19-20-35(26-21-29(2,3)33-30(4,5)22-26)25-28(36)37-27-23-31(6,7)34-32(8,9)24-27/h26-28,33-34,36H,10-25H2,1-9H3. The van der Waals surface area contributed by atoms with Gasteiger partial charge in [-0.2, -0.15) is 0 Å². The molecule has 0 aromatic carbocycles. The predicted molar refractivity (Wildman–Crippen MR) is 159 cm³/mol. The zero-order valence-electron chi connectivity index (χ0n) is 26.3. The molecule has 5 nitrogen and oxygen atoms in total. The van der Waals surface area contributed by atoms with E-state index < -0.39 is 6.29 Å². The maximum absolute atomic E-state index is 11.2. The molecule has 1 atom stereocenters. The average molecular weight is 524 g/mol. The maximum atomic E-state index is 11.2. The molecule has 2 aliphatic heterocycles. The number of unbranched alkanes of at least 4 members (excludes halogenated alkanes) is 9. The van der Waals surface area contributed by atoms with Crippen LogP contribution in [0.5, 0.6) is 0 Å². The summed E-state index contributed by atoms with van der Waals surface area (Å²) in [5, 5.41) is 18.7. The molecule has 37 heavy (non-hydrogen) atoms. The third kappa shape index (κ3) is 13.1. The minimum Gasteiger partial charge on any atom is -0.367 e. The third-order valence-electron chi connectivity index (χ3n) is 8.38. The van der Waals surface area contributed by atoms with Crippen LogP contribution in [0.25, 0.3) is 0 Å². The van der Waals surface area contributed by atoms with Gasteiger partial charge in [0.15, 0.2) is 6.29 Å². The number of hydrogen-bond donors (Lipinski definition) is 3. The number of nitrogens with zero attached hydrogens (tertiary/aromatic N) is 1. The smallest absolute Gasteiger partial charge is 0.167 e. The van der Waals surface area contributed by atoms with Gasteiger partial charge in [-0.25, -0.2) is 0 Å². The van der Waals surface area contributed by atoms with Gasteiger partial charge in [0.2, 0.25) is 0 Å². The summed E-state index contributed by atoms with van der Waals surface area (Å²) < 4.78 is 6.35. The molecule has 2 saturated heterocycles. The Bertz CT molecular complexity index is 614. The molecule has 2 heterocycles. The van der Waals surface area contributed by atoms with Crippen LogP contribution in [0.4, 0.5) is 0 Å². The summed E-state index contributed by atoms with van der Waals surface area (Å²) in [6.45, 7) is 22.2. The fraction of sp³-hybridized carbons (Fsp3) is 1.00. The molecule has 2 rings (SSSR count). The van der Waals surface area contributed by atoms with Crippen molar-refractivity contribution in [2.24, 2.45) is 0 Å². The van der Waals surface area contributed by atoms with E-state index in [0.717, 1.165) is 32.2 Å². The van der Waals surface area contributed by atoms with E-state index in [1.165, 1.54) is 64.2 Å². The molecule has 5 heteroatoms. The van der Waals surface area contributed by atoms with Crippen molar-refractivity contribution in [2.75, 3.05) is 13.1 Å². The van der Waals surface area contributed by atoms with Gasteiger partial charge in [0.1, 0.15) is 0 Å². The Morgan fingerprint density at radius 3 is 1.54 bits per heavy atom. The van der Waals surface area contributed by atoms with Crippen LogP contribution >= 0.6 is 0 Å². The second kappa shape index (κ2) is 14.4. The number of aliphatic hydroxyl groups excluding tert-OH is 1. The highest BCUT2D eigenvalue weighted by Crippen LogP contribution is 2.33. The lowest BCUT2D eigenvalue weighted by atomic mass is 9.79. The molecule has 3 N–H and O–H groups in total. The monoisotopic (exact) mass is 524 g/mol. The summed E-state index contributed by atoms with van der Waals surface area (Å²) >= 11 is 0. The molecule has 2 aliphatic rings. The highest BCUT2D eigenvalue weighted by Gasteiger charge is 2.41. The number of ether oxygens (including phenoxy) is 1. The first-order valence-electron chi connectivity index (χ1n) is 15.8. The van der Waals surface area contributed by atoms with Crippen molar-refractivity contribution in [1.29, 1.82) is 0 Å². The van der Waals surface area contributed by atoms with Crippen LogP contribution in [0, 0.1) is 0 Å². The van der Waals surface area contributed by atoms with Crippen LogP contribution in [0.15, 0.2) is 0 Å². The van der Waals surface area contributed by atoms with E-state index in [1.807, 2.05) is 0 Å². The fourth-order valence-corrected chi connectivity index (χ4v) is 7.54. The van der Waals surface area contributed by atoms with Crippen molar-refractivity contribution < 1.29 is 9.84 Å². The number of hydrogen-bond acceptors (Lipinski definition) is 5. The number of nitrogens with one attached hydrogen (secondary N) is 2. The van der Waals surface area contributed by atoms with Crippen molar-refractivity contribution in [3.8, 4) is 0 Å². The molecule has 0 amide bonds. The van der Waals surface area contributed by atoms with Gasteiger partial charge in [0.05, 0.1) is 6.10 Å². The molecule has 0 spiro atoms. The van der Waals surface area contributed by atoms with Gasteiger partial charge in [0.25, 0.3) is 0 Å². The summed E-state index contributed by atoms with van der Waals surface area (Å²) in [5.74, 6) is 0. The van der Waals surface area contributed by atoms with Crippen LogP contribution in [0.3, 0.4) is 0 Å². The Labute approximate surface area is 231 Å². The lowest BCUT2D eigenvalue weighted by Gasteiger charge is -2.50. The van der Waals surface area contributed by atoms with Gasteiger partial charge in [-0.3, -0.25) is 4.90 Å². The topological polar surface area (TPSA) is 56.8 Å². The van der Waals surface area contributed by atoms with E-state index in [-0.39, 0.29) is 28.3 Å². The molecule has 0 bridgehead atoms. The molecule has 0 saturated carbocycles. The maximum Gasteiger partial charge on any atom is 0.167 e. The number of piperidine rings is 2. The second-order valence-electron chi connectivity index (χ2n) is 15.1. The molecular weight excluding hydrogens is 458 g/mol. The number of rotatable bonds is 16. The average Bonchev–Trinajstić information content (AvgIpc) is 2.69. The molecule has 0 radical (unpaired) electrons. The first-order valence-corrected chi connectivity index (χ1v) is 15.8. The Kier molecular flexibility index (Phi) is 12.9. The summed E-state index contributed by atoms with van der Waals surface area (Å²) in [4.78, 5) is 2.57. The van der Waals surface area contributed by atoms with Crippen molar-refractivity contribution >= 4 is 0 Å². The van der Waals surface area contributed by atoms with Gasteiger partial charge >= 0.3 is 0 Å². The molecule has 0 aromatic heterocycles. The van der Waals surface area contributed by atoms with E-state index >= 15 is 0 Å². The molecule has 0 aromatic rings. The van der Waals surface area contributed by atoms with Crippen LogP contribution < -0.4 is 10.6 Å². The molecule has 0 aliphatic carbocycles. The normalized spacial score (nSPS) is 24.4. The van der Waals surface area contributed by atoms with Gasteiger partial charge in [-0.1, -0.05) is 64.7 Å². The van der Waals surface area contributed by atoms with Crippen LogP contribution in [0.2, 0.25) is 0 Å². The summed E-state index contributed by atoms with van der Waals surface area (Å²) in [7, 11) is 0. The van der Waals surface area contributed by atoms with Crippen molar-refractivity contribution in [2.45, 2.75) is 193 Å². The van der Waals surface area contributed by atoms with E-state index in [0.29, 0.717) is 12.6 Å². The highest BCUT2D eigenvalue weighted by molar-refractivity contribution is 5.01. The molecular formula is C32H65N3O2. The fourth-order valence-electron chi connectivity index (χ4n) is 7.54. The Hall–Kier alpha value is -0.200. The number of aliphatic hydroxyl groups is 1. The highest BCUT2D eigenvalue weighted by atomic mass is 16.6. The zero-order valence-corrected chi connectivity index (χ0v) is 26.3. The van der Waals surface area contributed by atoms with Crippen molar-refractivity contribution in [1.82, 2.24) is 15.5 Å². The minimum absolute atomic E-state index is 0.0188. The predicted octanol–water partition coefficient (Wildman–Crippen LogP) is 7.16. The van der Waals surface area contributed by atoms with Gasteiger partial charge in [-0.05, 0) is 94.0 Å². The lowest BCUT2D eigenvalue weighted by molar-refractivity contribution is -0.170. The summed E-state index contributed by atoms with van der Waals surface area (Å²) in [6, 6.07) is 0.462. The molecule has 220 valence electrons. The van der Waals surface area contributed by atoms with Crippen LogP contribution in [-0.4, -0.2) is 63.7 Å². The first kappa shape index (κ1) is 33.0. The molecule has 1 unspecified atom stereocenters. The van der Waals surface area contributed by atoms with Crippen LogP contribution in [0.1, 0.15) is 152 Å². The SMILES string of the molecule is CCCCCCCCCCCCN(CC(O)OC1CC(C)(C)NC(C)(C)C1)C1CC(C)(C)NC(C)(C)C1. The first-order chi connectivity index (χ1) is 17.1. The van der Waals surface area contributed by atoms with Gasteiger partial charge in [-0.15, -0.1) is 0 Å². The van der Waals surface area contributed by atoms with E-state index in [1.54, 1.807) is 0 Å².